The first-order chi connectivity index (χ1) is 12.3. The zero-order valence-corrected chi connectivity index (χ0v) is 16.7. The van der Waals surface area contributed by atoms with E-state index in [1.54, 1.807) is 6.92 Å². The molecule has 0 saturated carbocycles. The van der Waals surface area contributed by atoms with Gasteiger partial charge in [0.1, 0.15) is 9.88 Å². The molecule has 1 amide bonds. The summed E-state index contributed by atoms with van der Waals surface area (Å²) >= 11 is 1.04. The highest BCUT2D eigenvalue weighted by molar-refractivity contribution is 7.18. The number of methoxy groups -OCH3 is 2. The number of ether oxygens (including phenoxy) is 2. The Morgan fingerprint density at radius 1 is 1.12 bits per heavy atom. The lowest BCUT2D eigenvalue weighted by Gasteiger charge is -2.31. The molecule has 2 heterocycles. The van der Waals surface area contributed by atoms with E-state index in [0.717, 1.165) is 24.4 Å². The molecular formula is C18H27N2O5S+. The van der Waals surface area contributed by atoms with Crippen molar-refractivity contribution in [2.24, 2.45) is 11.8 Å². The van der Waals surface area contributed by atoms with Crippen LogP contribution < -0.4 is 10.2 Å². The number of hydrogen-bond donors (Lipinski definition) is 2. The van der Waals surface area contributed by atoms with Crippen molar-refractivity contribution in [1.82, 2.24) is 0 Å². The number of likely N-dealkylation sites (tertiary alicyclic amines) is 1. The van der Waals surface area contributed by atoms with Crippen molar-refractivity contribution in [2.45, 2.75) is 27.2 Å². The van der Waals surface area contributed by atoms with E-state index < -0.39 is 11.9 Å². The number of nitrogens with one attached hydrogen (secondary N) is 2. The van der Waals surface area contributed by atoms with Gasteiger partial charge in [0.25, 0.3) is 5.91 Å². The van der Waals surface area contributed by atoms with Crippen LogP contribution in [-0.2, 0) is 14.3 Å². The van der Waals surface area contributed by atoms with Crippen molar-refractivity contribution < 1.29 is 28.8 Å². The van der Waals surface area contributed by atoms with E-state index in [9.17, 15) is 14.4 Å². The van der Waals surface area contributed by atoms with E-state index in [4.69, 9.17) is 9.47 Å². The predicted molar refractivity (Wildman–Crippen MR) is 98.9 cm³/mol. The maximum absolute atomic E-state index is 12.5. The largest absolute Gasteiger partial charge is 0.465 e. The van der Waals surface area contributed by atoms with E-state index in [0.29, 0.717) is 28.9 Å². The molecule has 8 heteroatoms. The summed E-state index contributed by atoms with van der Waals surface area (Å²) in [5.74, 6) is -0.132. The Morgan fingerprint density at radius 3 is 2.23 bits per heavy atom. The number of carbonyl (C=O) groups excluding carboxylic acids is 3. The molecule has 1 aromatic rings. The molecule has 7 nitrogen and oxygen atoms in total. The number of anilines is 1. The predicted octanol–water partition coefficient (Wildman–Crippen LogP) is 1.13. The van der Waals surface area contributed by atoms with Crippen LogP contribution in [0.3, 0.4) is 0 Å². The lowest BCUT2D eigenvalue weighted by Crippen LogP contribution is -3.15. The zero-order valence-electron chi connectivity index (χ0n) is 15.9. The maximum Gasteiger partial charge on any atom is 0.348 e. The smallest absolute Gasteiger partial charge is 0.348 e. The van der Waals surface area contributed by atoms with Gasteiger partial charge in [0, 0.05) is 11.8 Å². The van der Waals surface area contributed by atoms with E-state index in [1.165, 1.54) is 25.5 Å². The number of amides is 1. The molecule has 2 N–H and O–H groups in total. The Balaban J connectivity index is 2.18. The Hall–Kier alpha value is -1.93. The number of thiophene rings is 1. The van der Waals surface area contributed by atoms with Crippen LogP contribution in [0.5, 0.6) is 0 Å². The molecule has 0 aromatic carbocycles. The van der Waals surface area contributed by atoms with Crippen LogP contribution in [0.1, 0.15) is 45.9 Å². The SMILES string of the molecule is COC(=O)c1sc(NC(=O)C[NH+]2C[C@@H](C)C[C@H](C)C2)c(C(=O)OC)c1C. The minimum atomic E-state index is -0.586. The average Bonchev–Trinajstić information content (AvgIpc) is 2.88. The summed E-state index contributed by atoms with van der Waals surface area (Å²) in [6.45, 7) is 8.29. The Kier molecular flexibility index (Phi) is 6.77. The van der Waals surface area contributed by atoms with Gasteiger partial charge in [-0.15, -0.1) is 11.3 Å². The molecule has 1 saturated heterocycles. The van der Waals surface area contributed by atoms with E-state index in [-0.39, 0.29) is 16.3 Å². The van der Waals surface area contributed by atoms with Crippen LogP contribution in [0, 0.1) is 18.8 Å². The molecule has 0 radical (unpaired) electrons. The number of quaternary nitrogens is 1. The van der Waals surface area contributed by atoms with Crippen LogP contribution in [0.4, 0.5) is 5.00 Å². The Morgan fingerprint density at radius 2 is 1.69 bits per heavy atom. The Labute approximate surface area is 157 Å². The van der Waals surface area contributed by atoms with Gasteiger partial charge >= 0.3 is 11.9 Å². The van der Waals surface area contributed by atoms with Gasteiger partial charge in [0.05, 0.1) is 32.9 Å². The van der Waals surface area contributed by atoms with Crippen LogP contribution >= 0.6 is 11.3 Å². The molecule has 0 unspecified atom stereocenters. The molecule has 0 bridgehead atoms. The van der Waals surface area contributed by atoms with Gasteiger partial charge in [-0.2, -0.15) is 0 Å². The summed E-state index contributed by atoms with van der Waals surface area (Å²) in [5, 5.41) is 3.12. The second kappa shape index (κ2) is 8.64. The van der Waals surface area contributed by atoms with Gasteiger partial charge < -0.3 is 19.7 Å². The number of rotatable bonds is 5. The fourth-order valence-corrected chi connectivity index (χ4v) is 4.83. The molecule has 144 valence electrons. The van der Waals surface area contributed by atoms with Crippen molar-refractivity contribution in [2.75, 3.05) is 39.2 Å². The molecule has 1 aliphatic rings. The highest BCUT2D eigenvalue weighted by atomic mass is 32.1. The minimum absolute atomic E-state index is 0.177. The summed E-state index contributed by atoms with van der Waals surface area (Å²) in [7, 11) is 2.54. The summed E-state index contributed by atoms with van der Waals surface area (Å²) in [6.07, 6.45) is 1.18. The summed E-state index contributed by atoms with van der Waals surface area (Å²) in [6, 6.07) is 0. The van der Waals surface area contributed by atoms with Crippen molar-refractivity contribution >= 4 is 34.2 Å². The molecule has 0 aliphatic carbocycles. The highest BCUT2D eigenvalue weighted by Gasteiger charge is 2.29. The highest BCUT2D eigenvalue weighted by Crippen LogP contribution is 2.34. The number of piperidine rings is 1. The van der Waals surface area contributed by atoms with Gasteiger partial charge in [0.2, 0.25) is 0 Å². The lowest BCUT2D eigenvalue weighted by atomic mass is 9.92. The zero-order chi connectivity index (χ0) is 19.4. The fraction of sp³-hybridized carbons (Fsp3) is 0.611. The third-order valence-electron chi connectivity index (χ3n) is 4.65. The molecule has 2 atom stereocenters. The van der Waals surface area contributed by atoms with E-state index in [2.05, 4.69) is 19.2 Å². The first-order valence-corrected chi connectivity index (χ1v) is 9.51. The van der Waals surface area contributed by atoms with Crippen molar-refractivity contribution in [3.8, 4) is 0 Å². The van der Waals surface area contributed by atoms with Crippen molar-refractivity contribution in [3.63, 3.8) is 0 Å². The van der Waals surface area contributed by atoms with Crippen LogP contribution in [0.15, 0.2) is 0 Å². The molecule has 26 heavy (non-hydrogen) atoms. The first-order valence-electron chi connectivity index (χ1n) is 8.70. The number of esters is 2. The standard InChI is InChI=1S/C18H26N2O5S/c1-10-6-11(2)8-20(7-10)9-13(21)19-16-14(17(22)24-4)12(3)15(26-16)18(23)25-5/h10-11H,6-9H2,1-5H3,(H,19,21)/p+1/t10-,11-/m0/s1. The lowest BCUT2D eigenvalue weighted by molar-refractivity contribution is -0.904. The monoisotopic (exact) mass is 383 g/mol. The van der Waals surface area contributed by atoms with Gasteiger partial charge in [-0.3, -0.25) is 4.79 Å². The third kappa shape index (κ3) is 4.62. The van der Waals surface area contributed by atoms with E-state index >= 15 is 0 Å². The summed E-state index contributed by atoms with van der Waals surface area (Å²) in [4.78, 5) is 38.1. The fourth-order valence-electron chi connectivity index (χ4n) is 3.70. The van der Waals surface area contributed by atoms with Gasteiger partial charge in [-0.1, -0.05) is 13.8 Å². The van der Waals surface area contributed by atoms with Crippen LogP contribution in [-0.4, -0.2) is 51.7 Å². The second-order valence-electron chi connectivity index (χ2n) is 7.07. The molecule has 1 fully saturated rings. The third-order valence-corrected chi connectivity index (χ3v) is 5.84. The molecule has 0 spiro atoms. The molecule has 1 aromatic heterocycles. The van der Waals surface area contributed by atoms with Crippen molar-refractivity contribution in [3.05, 3.63) is 16.0 Å². The van der Waals surface area contributed by atoms with Gasteiger partial charge in [0.15, 0.2) is 6.54 Å². The second-order valence-corrected chi connectivity index (χ2v) is 8.09. The van der Waals surface area contributed by atoms with Gasteiger partial charge in [-0.25, -0.2) is 9.59 Å². The average molecular weight is 383 g/mol. The van der Waals surface area contributed by atoms with Gasteiger partial charge in [-0.05, 0) is 18.9 Å². The van der Waals surface area contributed by atoms with Crippen LogP contribution in [0.25, 0.3) is 0 Å². The minimum Gasteiger partial charge on any atom is -0.465 e. The quantitative estimate of drug-likeness (QED) is 0.745. The maximum atomic E-state index is 12.5. The molecular weight excluding hydrogens is 356 g/mol. The molecule has 2 rings (SSSR count). The van der Waals surface area contributed by atoms with Crippen LogP contribution in [0.2, 0.25) is 0 Å². The number of hydrogen-bond acceptors (Lipinski definition) is 6. The first kappa shape index (κ1) is 20.4. The Bertz CT molecular complexity index is 690. The van der Waals surface area contributed by atoms with Crippen molar-refractivity contribution in [1.29, 1.82) is 0 Å². The topological polar surface area (TPSA) is 86.1 Å². The number of carbonyl (C=O) groups is 3. The van der Waals surface area contributed by atoms with E-state index in [1.807, 2.05) is 0 Å². The normalized spacial score (nSPS) is 22.6. The summed E-state index contributed by atoms with van der Waals surface area (Å²) < 4.78 is 9.55. The molecule has 1 aliphatic heterocycles. The summed E-state index contributed by atoms with van der Waals surface area (Å²) in [5.41, 5.74) is 0.665.